The second-order valence-corrected chi connectivity index (χ2v) is 5.17. The molecule has 8 nitrogen and oxygen atoms in total. The van der Waals surface area contributed by atoms with Crippen molar-refractivity contribution in [3.8, 4) is 5.69 Å². The van der Waals surface area contributed by atoms with Gasteiger partial charge in [-0.15, -0.1) is 0 Å². The summed E-state index contributed by atoms with van der Waals surface area (Å²) in [5.41, 5.74) is 0.526. The minimum absolute atomic E-state index is 0.173. The summed E-state index contributed by atoms with van der Waals surface area (Å²) in [5, 5.41) is 6.83. The largest absolute Gasteiger partial charge is 0.331 e. The van der Waals surface area contributed by atoms with Gasteiger partial charge in [0.15, 0.2) is 0 Å². The molecule has 0 unspecified atom stereocenters. The topological polar surface area (TPSA) is 90.9 Å². The van der Waals surface area contributed by atoms with Crippen LogP contribution >= 0.6 is 0 Å². The predicted molar refractivity (Wildman–Crippen MR) is 88.1 cm³/mol. The number of aromatic nitrogens is 4. The molecule has 8 heteroatoms. The van der Waals surface area contributed by atoms with E-state index in [1.165, 1.54) is 23.9 Å². The van der Waals surface area contributed by atoms with Crippen molar-refractivity contribution in [1.29, 1.82) is 0 Å². The van der Waals surface area contributed by atoms with Crippen LogP contribution in [0.15, 0.2) is 64.6 Å². The van der Waals surface area contributed by atoms with Crippen LogP contribution in [0.1, 0.15) is 0 Å². The maximum absolute atomic E-state index is 12.1. The van der Waals surface area contributed by atoms with Gasteiger partial charge in [0.1, 0.15) is 6.54 Å². The van der Waals surface area contributed by atoms with Crippen molar-refractivity contribution in [2.24, 2.45) is 7.05 Å². The fourth-order valence-corrected chi connectivity index (χ4v) is 2.21. The Hall–Kier alpha value is -3.42. The average Bonchev–Trinajstić information content (AvgIpc) is 3.11. The molecule has 0 saturated carbocycles. The minimum atomic E-state index is -0.535. The highest BCUT2D eigenvalue weighted by molar-refractivity contribution is 5.90. The van der Waals surface area contributed by atoms with Crippen molar-refractivity contribution < 1.29 is 4.79 Å². The molecular formula is C16H15N5O3. The molecule has 0 fully saturated rings. The molecule has 0 bridgehead atoms. The first-order valence-corrected chi connectivity index (χ1v) is 7.21. The SMILES string of the molecule is Cn1c(=O)ccn(CC(=O)Nc2ccc(-n3cccn3)cc2)c1=O. The van der Waals surface area contributed by atoms with Crippen LogP contribution in [0, 0.1) is 0 Å². The zero-order chi connectivity index (χ0) is 17.1. The molecule has 0 saturated heterocycles. The molecule has 24 heavy (non-hydrogen) atoms. The van der Waals surface area contributed by atoms with Crippen molar-refractivity contribution in [3.63, 3.8) is 0 Å². The van der Waals surface area contributed by atoms with E-state index in [4.69, 9.17) is 0 Å². The Bertz CT molecular complexity index is 968. The molecule has 0 radical (unpaired) electrons. The number of nitrogens with one attached hydrogen (secondary N) is 1. The second kappa shape index (κ2) is 6.37. The molecule has 3 rings (SSSR count). The summed E-state index contributed by atoms with van der Waals surface area (Å²) in [6.45, 7) is -0.173. The molecule has 1 aromatic carbocycles. The minimum Gasteiger partial charge on any atom is -0.325 e. The third kappa shape index (κ3) is 3.17. The molecule has 0 atom stereocenters. The smallest absolute Gasteiger partial charge is 0.325 e. The maximum atomic E-state index is 12.1. The highest BCUT2D eigenvalue weighted by atomic mass is 16.2. The molecule has 0 aliphatic rings. The number of carbonyl (C=O) groups is 1. The van der Waals surface area contributed by atoms with Gasteiger partial charge >= 0.3 is 5.69 Å². The summed E-state index contributed by atoms with van der Waals surface area (Å²) in [4.78, 5) is 35.3. The lowest BCUT2D eigenvalue weighted by atomic mass is 10.3. The molecule has 0 aliphatic heterocycles. The number of nitrogens with zero attached hydrogens (tertiary/aromatic N) is 4. The van der Waals surface area contributed by atoms with Gasteiger partial charge in [0.25, 0.3) is 5.56 Å². The number of benzene rings is 1. The number of amides is 1. The van der Waals surface area contributed by atoms with E-state index in [0.29, 0.717) is 5.69 Å². The second-order valence-electron chi connectivity index (χ2n) is 5.17. The van der Waals surface area contributed by atoms with Crippen LogP contribution in [0.2, 0.25) is 0 Å². The van der Waals surface area contributed by atoms with Crippen molar-refractivity contribution >= 4 is 11.6 Å². The van der Waals surface area contributed by atoms with Crippen LogP contribution in [0.3, 0.4) is 0 Å². The van der Waals surface area contributed by atoms with Crippen LogP contribution in [-0.2, 0) is 18.4 Å². The summed E-state index contributed by atoms with van der Waals surface area (Å²) in [7, 11) is 1.37. The lowest BCUT2D eigenvalue weighted by Gasteiger charge is -2.09. The Morgan fingerprint density at radius 3 is 2.54 bits per heavy atom. The van der Waals surface area contributed by atoms with E-state index in [0.717, 1.165) is 10.3 Å². The monoisotopic (exact) mass is 325 g/mol. The van der Waals surface area contributed by atoms with E-state index in [9.17, 15) is 14.4 Å². The van der Waals surface area contributed by atoms with Gasteiger partial charge in [0.05, 0.1) is 5.69 Å². The first-order chi connectivity index (χ1) is 11.5. The van der Waals surface area contributed by atoms with Crippen molar-refractivity contribution in [2.45, 2.75) is 6.54 Å². The van der Waals surface area contributed by atoms with Crippen molar-refractivity contribution in [1.82, 2.24) is 18.9 Å². The van der Waals surface area contributed by atoms with Gasteiger partial charge < -0.3 is 5.32 Å². The average molecular weight is 325 g/mol. The van der Waals surface area contributed by atoms with E-state index in [-0.39, 0.29) is 12.5 Å². The van der Waals surface area contributed by atoms with E-state index >= 15 is 0 Å². The van der Waals surface area contributed by atoms with Crippen molar-refractivity contribution in [2.75, 3.05) is 5.32 Å². The normalized spacial score (nSPS) is 10.5. The van der Waals surface area contributed by atoms with Gasteiger partial charge in [0, 0.05) is 37.4 Å². The standard InChI is InChI=1S/C16H15N5O3/c1-19-15(23)7-10-20(16(19)24)11-14(22)18-12-3-5-13(6-4-12)21-9-2-8-17-21/h2-10H,11H2,1H3,(H,18,22). The van der Waals surface area contributed by atoms with Crippen LogP contribution in [0.4, 0.5) is 5.69 Å². The molecule has 2 aromatic heterocycles. The van der Waals surface area contributed by atoms with E-state index < -0.39 is 11.2 Å². The molecule has 1 N–H and O–H groups in total. The lowest BCUT2D eigenvalue weighted by Crippen LogP contribution is -2.38. The molecule has 0 spiro atoms. The van der Waals surface area contributed by atoms with E-state index in [1.54, 1.807) is 23.0 Å². The Kier molecular flexibility index (Phi) is 4.11. The number of rotatable bonds is 4. The van der Waals surface area contributed by atoms with Gasteiger partial charge in [-0.1, -0.05) is 0 Å². The molecular weight excluding hydrogens is 310 g/mol. The highest BCUT2D eigenvalue weighted by Crippen LogP contribution is 2.12. The number of hydrogen-bond donors (Lipinski definition) is 1. The third-order valence-corrected chi connectivity index (χ3v) is 3.49. The summed E-state index contributed by atoms with van der Waals surface area (Å²) in [6, 6.07) is 10.2. The van der Waals surface area contributed by atoms with E-state index in [2.05, 4.69) is 10.4 Å². The Morgan fingerprint density at radius 1 is 1.12 bits per heavy atom. The quantitative estimate of drug-likeness (QED) is 0.750. The zero-order valence-electron chi connectivity index (χ0n) is 12.9. The fraction of sp³-hybridized carbons (Fsp3) is 0.125. The Morgan fingerprint density at radius 2 is 1.88 bits per heavy atom. The summed E-state index contributed by atoms with van der Waals surface area (Å²) in [5.74, 6) is -0.359. The van der Waals surface area contributed by atoms with E-state index in [1.807, 2.05) is 24.4 Å². The maximum Gasteiger partial charge on any atom is 0.331 e. The Labute approximate surface area is 136 Å². The molecule has 1 amide bonds. The predicted octanol–water partition coefficient (Wildman–Crippen LogP) is 0.371. The van der Waals surface area contributed by atoms with Gasteiger partial charge in [-0.05, 0) is 30.3 Å². The molecule has 3 aromatic rings. The third-order valence-electron chi connectivity index (χ3n) is 3.49. The first-order valence-electron chi connectivity index (χ1n) is 7.21. The number of carbonyl (C=O) groups excluding carboxylic acids is 1. The van der Waals surface area contributed by atoms with Gasteiger partial charge in [-0.3, -0.25) is 18.7 Å². The molecule has 2 heterocycles. The van der Waals surface area contributed by atoms with Crippen LogP contribution < -0.4 is 16.6 Å². The summed E-state index contributed by atoms with van der Waals surface area (Å²) in [6.07, 6.45) is 4.81. The van der Waals surface area contributed by atoms with Gasteiger partial charge in [0.2, 0.25) is 5.91 Å². The van der Waals surface area contributed by atoms with Crippen LogP contribution in [0.25, 0.3) is 5.69 Å². The highest BCUT2D eigenvalue weighted by Gasteiger charge is 2.07. The lowest BCUT2D eigenvalue weighted by molar-refractivity contribution is -0.116. The van der Waals surface area contributed by atoms with Gasteiger partial charge in [-0.25, -0.2) is 9.48 Å². The number of anilines is 1. The fourth-order valence-electron chi connectivity index (χ4n) is 2.21. The van der Waals surface area contributed by atoms with Crippen LogP contribution in [0.5, 0.6) is 0 Å². The summed E-state index contributed by atoms with van der Waals surface area (Å²) >= 11 is 0. The molecule has 0 aliphatic carbocycles. The Balaban J connectivity index is 1.70. The first kappa shape index (κ1) is 15.5. The molecule has 122 valence electrons. The summed E-state index contributed by atoms with van der Waals surface area (Å²) < 4.78 is 3.83. The number of hydrogen-bond acceptors (Lipinski definition) is 4. The van der Waals surface area contributed by atoms with Crippen LogP contribution in [-0.4, -0.2) is 24.8 Å². The zero-order valence-corrected chi connectivity index (χ0v) is 12.9. The van der Waals surface area contributed by atoms with Gasteiger partial charge in [-0.2, -0.15) is 5.10 Å². The van der Waals surface area contributed by atoms with Crippen molar-refractivity contribution in [3.05, 3.63) is 75.8 Å².